The fourth-order valence-corrected chi connectivity index (χ4v) is 3.11. The first-order valence-electron chi connectivity index (χ1n) is 7.14. The summed E-state index contributed by atoms with van der Waals surface area (Å²) in [6.07, 6.45) is 0. The maximum Gasteiger partial charge on any atom is 0.344 e. The molecule has 0 aliphatic heterocycles. The lowest BCUT2D eigenvalue weighted by Crippen LogP contribution is -2.14. The lowest BCUT2D eigenvalue weighted by Gasteiger charge is -2.07. The van der Waals surface area contributed by atoms with Gasteiger partial charge >= 0.3 is 5.97 Å². The highest BCUT2D eigenvalue weighted by atomic mass is 32.1. The van der Waals surface area contributed by atoms with Gasteiger partial charge in [0.25, 0.3) is 0 Å². The number of carbonyl (C=O) groups excluding carboxylic acids is 1. The molecule has 3 rings (SSSR count). The van der Waals surface area contributed by atoms with Crippen LogP contribution in [-0.4, -0.2) is 19.7 Å². The van der Waals surface area contributed by atoms with Gasteiger partial charge in [0.2, 0.25) is 0 Å². The zero-order valence-electron chi connectivity index (χ0n) is 12.7. The Labute approximate surface area is 138 Å². The minimum atomic E-state index is -0.393. The van der Waals surface area contributed by atoms with Crippen LogP contribution in [0.4, 0.5) is 0 Å². The van der Waals surface area contributed by atoms with Crippen LogP contribution >= 0.6 is 11.3 Å². The number of hydrogen-bond acceptors (Lipinski definition) is 5. The van der Waals surface area contributed by atoms with E-state index >= 15 is 0 Å². The number of fused-ring (bicyclic) bond motifs is 1. The molecule has 0 spiro atoms. The largest absolute Gasteiger partial charge is 0.497 e. The van der Waals surface area contributed by atoms with Crippen LogP contribution in [0.15, 0.2) is 53.9 Å². The Balaban J connectivity index is 1.51. The van der Waals surface area contributed by atoms with Crippen molar-refractivity contribution in [3.05, 3.63) is 59.5 Å². The number of methoxy groups -OCH3 is 1. The molecule has 0 bridgehead atoms. The van der Waals surface area contributed by atoms with Gasteiger partial charge in [-0.25, -0.2) is 4.79 Å². The van der Waals surface area contributed by atoms with E-state index in [1.54, 1.807) is 42.7 Å². The molecule has 0 saturated heterocycles. The molecular formula is C18H16O4S. The van der Waals surface area contributed by atoms with E-state index in [0.29, 0.717) is 5.75 Å². The standard InChI is InChI=1S/C18H16O4S/c1-20-14-6-8-15(9-7-14)21-11-18(19)22-10-13-12-23-17-5-3-2-4-16(13)17/h2-9,12H,10-11H2,1H3. The highest BCUT2D eigenvalue weighted by Crippen LogP contribution is 2.26. The van der Waals surface area contributed by atoms with E-state index in [4.69, 9.17) is 14.2 Å². The summed E-state index contributed by atoms with van der Waals surface area (Å²) < 4.78 is 16.9. The second-order valence-electron chi connectivity index (χ2n) is 4.88. The van der Waals surface area contributed by atoms with Crippen molar-refractivity contribution < 1.29 is 19.0 Å². The number of rotatable bonds is 6. The van der Waals surface area contributed by atoms with Gasteiger partial charge in [0, 0.05) is 10.3 Å². The Morgan fingerprint density at radius 3 is 2.57 bits per heavy atom. The molecule has 23 heavy (non-hydrogen) atoms. The van der Waals surface area contributed by atoms with Gasteiger partial charge in [0.15, 0.2) is 6.61 Å². The van der Waals surface area contributed by atoms with Gasteiger partial charge in [0.1, 0.15) is 18.1 Å². The van der Waals surface area contributed by atoms with Crippen molar-refractivity contribution in [3.63, 3.8) is 0 Å². The Hall–Kier alpha value is -2.53. The number of thiophene rings is 1. The van der Waals surface area contributed by atoms with Crippen molar-refractivity contribution in [2.45, 2.75) is 6.61 Å². The molecule has 2 aromatic carbocycles. The monoisotopic (exact) mass is 328 g/mol. The summed E-state index contributed by atoms with van der Waals surface area (Å²) in [5.74, 6) is 0.948. The third kappa shape index (κ3) is 3.81. The minimum Gasteiger partial charge on any atom is -0.497 e. The summed E-state index contributed by atoms with van der Waals surface area (Å²) in [6.45, 7) is 0.142. The molecule has 0 aliphatic carbocycles. The Kier molecular flexibility index (Phi) is 4.78. The van der Waals surface area contributed by atoms with Gasteiger partial charge in [-0.3, -0.25) is 0 Å². The predicted octanol–water partition coefficient (Wildman–Crippen LogP) is 4.03. The van der Waals surface area contributed by atoms with E-state index in [0.717, 1.165) is 16.7 Å². The summed E-state index contributed by atoms with van der Waals surface area (Å²) in [5.41, 5.74) is 1.02. The Morgan fingerprint density at radius 1 is 1.04 bits per heavy atom. The average Bonchev–Trinajstić information content (AvgIpc) is 3.02. The molecule has 5 heteroatoms. The molecule has 0 N–H and O–H groups in total. The second-order valence-corrected chi connectivity index (χ2v) is 5.79. The molecule has 4 nitrogen and oxygen atoms in total. The average molecular weight is 328 g/mol. The summed E-state index contributed by atoms with van der Waals surface area (Å²) >= 11 is 1.64. The number of benzene rings is 2. The normalized spacial score (nSPS) is 10.5. The van der Waals surface area contributed by atoms with Crippen LogP contribution in [-0.2, 0) is 16.1 Å². The lowest BCUT2D eigenvalue weighted by molar-refractivity contribution is -0.147. The molecule has 118 valence electrons. The Bertz CT molecular complexity index is 792. The van der Waals surface area contributed by atoms with Crippen molar-refractivity contribution in [1.29, 1.82) is 0 Å². The van der Waals surface area contributed by atoms with Crippen LogP contribution in [0.5, 0.6) is 11.5 Å². The molecule has 0 atom stereocenters. The first kappa shape index (κ1) is 15.4. The first-order chi connectivity index (χ1) is 11.3. The lowest BCUT2D eigenvalue weighted by atomic mass is 10.2. The van der Waals surface area contributed by atoms with Gasteiger partial charge in [0.05, 0.1) is 7.11 Å². The highest BCUT2D eigenvalue weighted by Gasteiger charge is 2.08. The van der Waals surface area contributed by atoms with Crippen molar-refractivity contribution in [2.75, 3.05) is 13.7 Å². The van der Waals surface area contributed by atoms with E-state index in [-0.39, 0.29) is 13.2 Å². The molecule has 1 heterocycles. The molecule has 3 aromatic rings. The molecule has 0 saturated carbocycles. The van der Waals surface area contributed by atoms with E-state index in [9.17, 15) is 4.79 Å². The quantitative estimate of drug-likeness (QED) is 0.641. The van der Waals surface area contributed by atoms with Crippen LogP contribution in [0.2, 0.25) is 0 Å². The van der Waals surface area contributed by atoms with Gasteiger partial charge in [-0.2, -0.15) is 0 Å². The summed E-state index contributed by atoms with van der Waals surface area (Å²) in [4.78, 5) is 11.8. The van der Waals surface area contributed by atoms with Crippen LogP contribution in [0, 0.1) is 0 Å². The topological polar surface area (TPSA) is 44.8 Å². The maximum atomic E-state index is 11.8. The number of esters is 1. The summed E-state index contributed by atoms with van der Waals surface area (Å²) in [5, 5.41) is 3.14. The van der Waals surface area contributed by atoms with Crippen LogP contribution in [0.3, 0.4) is 0 Å². The summed E-state index contributed by atoms with van der Waals surface area (Å²) in [6, 6.07) is 15.1. The van der Waals surface area contributed by atoms with Gasteiger partial charge in [-0.05, 0) is 41.1 Å². The van der Waals surface area contributed by atoms with E-state index in [2.05, 4.69) is 6.07 Å². The molecule has 0 radical (unpaired) electrons. The van der Waals surface area contributed by atoms with Crippen molar-refractivity contribution >= 4 is 27.4 Å². The predicted molar refractivity (Wildman–Crippen MR) is 90.1 cm³/mol. The minimum absolute atomic E-state index is 0.117. The maximum absolute atomic E-state index is 11.8. The van der Waals surface area contributed by atoms with Gasteiger partial charge in [-0.15, -0.1) is 11.3 Å². The van der Waals surface area contributed by atoms with E-state index < -0.39 is 5.97 Å². The highest BCUT2D eigenvalue weighted by molar-refractivity contribution is 7.17. The molecule has 1 aromatic heterocycles. The fraction of sp³-hybridized carbons (Fsp3) is 0.167. The van der Waals surface area contributed by atoms with Gasteiger partial charge in [-0.1, -0.05) is 18.2 Å². The van der Waals surface area contributed by atoms with Crippen LogP contribution < -0.4 is 9.47 Å². The molecule has 0 unspecified atom stereocenters. The van der Waals surface area contributed by atoms with Gasteiger partial charge < -0.3 is 14.2 Å². The molecule has 0 fully saturated rings. The first-order valence-corrected chi connectivity index (χ1v) is 8.02. The smallest absolute Gasteiger partial charge is 0.344 e. The zero-order valence-corrected chi connectivity index (χ0v) is 13.5. The summed E-state index contributed by atoms with van der Waals surface area (Å²) in [7, 11) is 1.60. The molecular weight excluding hydrogens is 312 g/mol. The van der Waals surface area contributed by atoms with Crippen molar-refractivity contribution in [2.24, 2.45) is 0 Å². The number of hydrogen-bond donors (Lipinski definition) is 0. The fourth-order valence-electron chi connectivity index (χ4n) is 2.16. The van der Waals surface area contributed by atoms with Crippen LogP contribution in [0.25, 0.3) is 10.1 Å². The van der Waals surface area contributed by atoms with Crippen molar-refractivity contribution in [3.8, 4) is 11.5 Å². The van der Waals surface area contributed by atoms with Crippen molar-refractivity contribution in [1.82, 2.24) is 0 Å². The Morgan fingerprint density at radius 2 is 1.78 bits per heavy atom. The SMILES string of the molecule is COc1ccc(OCC(=O)OCc2csc3ccccc23)cc1. The molecule has 0 aliphatic rings. The zero-order chi connectivity index (χ0) is 16.1. The molecule has 0 amide bonds. The van der Waals surface area contributed by atoms with E-state index in [1.807, 2.05) is 23.6 Å². The van der Waals surface area contributed by atoms with E-state index in [1.165, 1.54) is 4.70 Å². The second kappa shape index (κ2) is 7.15. The number of ether oxygens (including phenoxy) is 3. The number of carbonyl (C=O) groups is 1. The van der Waals surface area contributed by atoms with Crippen LogP contribution in [0.1, 0.15) is 5.56 Å². The third-order valence-electron chi connectivity index (χ3n) is 3.37. The third-order valence-corrected chi connectivity index (χ3v) is 4.38.